The Balaban J connectivity index is 1.80. The van der Waals surface area contributed by atoms with Gasteiger partial charge in [0.2, 0.25) is 5.91 Å². The summed E-state index contributed by atoms with van der Waals surface area (Å²) in [4.78, 5) is 18.5. The van der Waals surface area contributed by atoms with Crippen molar-refractivity contribution >= 4 is 11.7 Å². The molecule has 1 aromatic heterocycles. The quantitative estimate of drug-likeness (QED) is 0.836. The average Bonchev–Trinajstić information content (AvgIpc) is 2.48. The van der Waals surface area contributed by atoms with Crippen molar-refractivity contribution in [2.24, 2.45) is 5.41 Å². The molecule has 0 bridgehead atoms. The molecule has 1 fully saturated rings. The summed E-state index contributed by atoms with van der Waals surface area (Å²) in [6, 6.07) is 14.1. The number of pyridine rings is 1. The van der Waals surface area contributed by atoms with Crippen LogP contribution in [0.1, 0.15) is 26.7 Å². The van der Waals surface area contributed by atoms with Crippen molar-refractivity contribution in [3.63, 3.8) is 0 Å². The van der Waals surface area contributed by atoms with Crippen LogP contribution in [0.3, 0.4) is 0 Å². The van der Waals surface area contributed by atoms with E-state index in [1.807, 2.05) is 36.5 Å². The summed E-state index contributed by atoms with van der Waals surface area (Å²) < 4.78 is 0. The van der Waals surface area contributed by atoms with Crippen LogP contribution in [0, 0.1) is 5.41 Å². The molecule has 0 saturated carbocycles. The molecular weight excluding hydrogens is 260 g/mol. The topological polar surface area (TPSA) is 33.2 Å². The summed E-state index contributed by atoms with van der Waals surface area (Å²) >= 11 is 0. The van der Waals surface area contributed by atoms with E-state index < -0.39 is 0 Å². The van der Waals surface area contributed by atoms with E-state index in [4.69, 9.17) is 0 Å². The molecule has 2 heterocycles. The highest BCUT2D eigenvalue weighted by Crippen LogP contribution is 2.32. The number of amides is 1. The molecule has 1 aromatic carbocycles. The van der Waals surface area contributed by atoms with Crippen LogP contribution >= 0.6 is 0 Å². The van der Waals surface area contributed by atoms with E-state index in [9.17, 15) is 4.79 Å². The molecule has 0 spiro atoms. The van der Waals surface area contributed by atoms with Gasteiger partial charge in [-0.25, -0.2) is 4.98 Å². The molecule has 2 aromatic rings. The second-order valence-electron chi connectivity index (χ2n) is 6.41. The van der Waals surface area contributed by atoms with Crippen LogP contribution in [-0.2, 0) is 4.79 Å². The van der Waals surface area contributed by atoms with E-state index in [0.717, 1.165) is 29.9 Å². The van der Waals surface area contributed by atoms with Gasteiger partial charge in [0.05, 0.1) is 0 Å². The normalized spacial score (nSPS) is 17.8. The van der Waals surface area contributed by atoms with Gasteiger partial charge in [0, 0.05) is 24.7 Å². The molecule has 0 atom stereocenters. The highest BCUT2D eigenvalue weighted by molar-refractivity contribution is 5.93. The zero-order valence-corrected chi connectivity index (χ0v) is 12.5. The van der Waals surface area contributed by atoms with Crippen molar-refractivity contribution in [2.75, 3.05) is 11.4 Å². The maximum absolute atomic E-state index is 12.3. The largest absolute Gasteiger partial charge is 0.297 e. The second-order valence-corrected chi connectivity index (χ2v) is 6.41. The Labute approximate surface area is 125 Å². The Kier molecular flexibility index (Phi) is 3.50. The van der Waals surface area contributed by atoms with Crippen LogP contribution in [0.2, 0.25) is 0 Å². The lowest BCUT2D eigenvalue weighted by Crippen LogP contribution is -2.42. The predicted octanol–water partition coefficient (Wildman–Crippen LogP) is 3.90. The average molecular weight is 280 g/mol. The summed E-state index contributed by atoms with van der Waals surface area (Å²) in [6.45, 7) is 5.05. The van der Waals surface area contributed by atoms with Gasteiger partial charge in [-0.05, 0) is 29.5 Å². The molecule has 0 radical (unpaired) electrons. The van der Waals surface area contributed by atoms with Gasteiger partial charge in [-0.3, -0.25) is 9.69 Å². The van der Waals surface area contributed by atoms with Gasteiger partial charge in [-0.2, -0.15) is 0 Å². The summed E-state index contributed by atoms with van der Waals surface area (Å²) in [5.41, 5.74) is 2.32. The SMILES string of the molecule is CC1(C)CCN(c2ccc(-c3ccccc3)cn2)C(=O)C1. The fourth-order valence-corrected chi connectivity index (χ4v) is 2.72. The molecule has 1 aliphatic heterocycles. The molecule has 0 unspecified atom stereocenters. The van der Waals surface area contributed by atoms with Crippen LogP contribution in [-0.4, -0.2) is 17.4 Å². The molecular formula is C18H20N2O. The van der Waals surface area contributed by atoms with Crippen molar-refractivity contribution in [1.82, 2.24) is 4.98 Å². The predicted molar refractivity (Wildman–Crippen MR) is 85.0 cm³/mol. The minimum Gasteiger partial charge on any atom is -0.297 e. The minimum atomic E-state index is 0.109. The number of hydrogen-bond acceptors (Lipinski definition) is 2. The molecule has 3 heteroatoms. The van der Waals surface area contributed by atoms with Gasteiger partial charge < -0.3 is 0 Å². The fourth-order valence-electron chi connectivity index (χ4n) is 2.72. The first-order valence-electron chi connectivity index (χ1n) is 7.37. The molecule has 1 aliphatic rings. The standard InChI is InChI=1S/C18H20N2O/c1-18(2)10-11-20(17(21)12-18)16-9-8-15(13-19-16)14-6-4-3-5-7-14/h3-9,13H,10-12H2,1-2H3. The van der Waals surface area contributed by atoms with Crippen LogP contribution in [0.4, 0.5) is 5.82 Å². The lowest BCUT2D eigenvalue weighted by Gasteiger charge is -2.35. The van der Waals surface area contributed by atoms with E-state index in [1.165, 1.54) is 0 Å². The van der Waals surface area contributed by atoms with Crippen LogP contribution < -0.4 is 4.90 Å². The smallest absolute Gasteiger partial charge is 0.228 e. The number of piperidine rings is 1. The summed E-state index contributed by atoms with van der Waals surface area (Å²) in [7, 11) is 0. The molecule has 1 amide bonds. The molecule has 21 heavy (non-hydrogen) atoms. The third kappa shape index (κ3) is 2.97. The molecule has 0 aliphatic carbocycles. The third-order valence-electron chi connectivity index (χ3n) is 4.07. The molecule has 3 nitrogen and oxygen atoms in total. The van der Waals surface area contributed by atoms with Crippen molar-refractivity contribution in [3.05, 3.63) is 48.7 Å². The van der Waals surface area contributed by atoms with Crippen LogP contribution in [0.15, 0.2) is 48.7 Å². The second kappa shape index (κ2) is 5.32. The molecule has 0 N–H and O–H groups in total. The fraction of sp³-hybridized carbons (Fsp3) is 0.333. The number of nitrogens with zero attached hydrogens (tertiary/aromatic N) is 2. The van der Waals surface area contributed by atoms with E-state index in [-0.39, 0.29) is 11.3 Å². The number of anilines is 1. The molecule has 3 rings (SSSR count). The third-order valence-corrected chi connectivity index (χ3v) is 4.07. The van der Waals surface area contributed by atoms with E-state index in [0.29, 0.717) is 6.42 Å². The zero-order valence-electron chi connectivity index (χ0n) is 12.5. The Morgan fingerprint density at radius 1 is 1.05 bits per heavy atom. The Bertz CT molecular complexity index is 632. The monoisotopic (exact) mass is 280 g/mol. The van der Waals surface area contributed by atoms with Crippen molar-refractivity contribution < 1.29 is 4.79 Å². The zero-order chi connectivity index (χ0) is 14.9. The van der Waals surface area contributed by atoms with Gasteiger partial charge in [0.25, 0.3) is 0 Å². The molecule has 108 valence electrons. The van der Waals surface area contributed by atoms with Gasteiger partial charge in [-0.1, -0.05) is 44.2 Å². The van der Waals surface area contributed by atoms with Crippen molar-refractivity contribution in [3.8, 4) is 11.1 Å². The number of carbonyl (C=O) groups excluding carboxylic acids is 1. The number of rotatable bonds is 2. The maximum Gasteiger partial charge on any atom is 0.228 e. The number of aromatic nitrogens is 1. The highest BCUT2D eigenvalue weighted by Gasteiger charge is 2.32. The first kappa shape index (κ1) is 13.8. The van der Waals surface area contributed by atoms with E-state index in [1.54, 1.807) is 4.90 Å². The van der Waals surface area contributed by atoms with Crippen LogP contribution in [0.25, 0.3) is 11.1 Å². The van der Waals surface area contributed by atoms with Crippen molar-refractivity contribution in [2.45, 2.75) is 26.7 Å². The Morgan fingerprint density at radius 2 is 1.81 bits per heavy atom. The first-order chi connectivity index (χ1) is 10.1. The Hall–Kier alpha value is -2.16. The highest BCUT2D eigenvalue weighted by atomic mass is 16.2. The lowest BCUT2D eigenvalue weighted by molar-refractivity contribution is -0.122. The number of carbonyl (C=O) groups is 1. The van der Waals surface area contributed by atoms with Gasteiger partial charge in [0.1, 0.15) is 5.82 Å². The van der Waals surface area contributed by atoms with E-state index in [2.05, 4.69) is 31.0 Å². The minimum absolute atomic E-state index is 0.109. The lowest BCUT2D eigenvalue weighted by atomic mass is 9.82. The van der Waals surface area contributed by atoms with Crippen molar-refractivity contribution in [1.29, 1.82) is 0 Å². The first-order valence-corrected chi connectivity index (χ1v) is 7.37. The summed E-state index contributed by atoms with van der Waals surface area (Å²) in [6.07, 6.45) is 3.45. The Morgan fingerprint density at radius 3 is 2.43 bits per heavy atom. The summed E-state index contributed by atoms with van der Waals surface area (Å²) in [5, 5.41) is 0. The van der Waals surface area contributed by atoms with Gasteiger partial charge in [-0.15, -0.1) is 0 Å². The number of benzene rings is 1. The van der Waals surface area contributed by atoms with Gasteiger partial charge >= 0.3 is 0 Å². The number of hydrogen-bond donors (Lipinski definition) is 0. The summed E-state index contributed by atoms with van der Waals surface area (Å²) in [5.74, 6) is 0.932. The van der Waals surface area contributed by atoms with Gasteiger partial charge in [0.15, 0.2) is 0 Å². The molecule has 1 saturated heterocycles. The van der Waals surface area contributed by atoms with E-state index >= 15 is 0 Å². The van der Waals surface area contributed by atoms with Crippen LogP contribution in [0.5, 0.6) is 0 Å². The maximum atomic E-state index is 12.3.